The maximum atomic E-state index is 12.7. The number of carbonyl (C=O) groups excluding carboxylic acids is 3. The molecular weight excluding hydrogens is 406 g/mol. The van der Waals surface area contributed by atoms with Gasteiger partial charge in [-0.2, -0.15) is 0 Å². The Bertz CT molecular complexity index is 909. The van der Waals surface area contributed by atoms with Crippen molar-refractivity contribution in [3.8, 4) is 0 Å². The number of rotatable bonds is 11. The van der Waals surface area contributed by atoms with Crippen molar-refractivity contribution >= 4 is 34.9 Å². The van der Waals surface area contributed by atoms with E-state index in [4.69, 9.17) is 14.2 Å². The maximum Gasteiger partial charge on any atom is 0.335 e. The first-order valence-corrected chi connectivity index (χ1v) is 9.96. The van der Waals surface area contributed by atoms with Crippen LogP contribution in [0.4, 0.5) is 5.82 Å². The summed E-state index contributed by atoms with van der Waals surface area (Å²) in [5, 5.41) is 2.94. The summed E-state index contributed by atoms with van der Waals surface area (Å²) in [5.74, 6) is -2.42. The van der Waals surface area contributed by atoms with Crippen molar-refractivity contribution in [1.29, 1.82) is 0 Å². The summed E-state index contributed by atoms with van der Waals surface area (Å²) in [5.41, 5.74) is -1.01. The molecule has 2 heterocycles. The third kappa shape index (κ3) is 4.98. The number of carbonyl (C=O) groups is 3. The zero-order valence-corrected chi connectivity index (χ0v) is 18.1. The molecular formula is C20H27N5O6. The minimum Gasteiger partial charge on any atom is -0.465 e. The van der Waals surface area contributed by atoms with Gasteiger partial charge in [-0.1, -0.05) is 12.2 Å². The molecule has 0 saturated carbocycles. The van der Waals surface area contributed by atoms with Crippen LogP contribution in [0.2, 0.25) is 0 Å². The van der Waals surface area contributed by atoms with Crippen molar-refractivity contribution in [2.75, 3.05) is 32.2 Å². The Balaban J connectivity index is 2.30. The first-order chi connectivity index (χ1) is 15.0. The van der Waals surface area contributed by atoms with E-state index < -0.39 is 23.3 Å². The fourth-order valence-electron chi connectivity index (χ4n) is 2.91. The largest absolute Gasteiger partial charge is 0.465 e. The Morgan fingerprint density at radius 2 is 1.55 bits per heavy atom. The summed E-state index contributed by atoms with van der Waals surface area (Å²) in [6.45, 7) is 5.08. The predicted octanol–water partition coefficient (Wildman–Crippen LogP) is 1.49. The lowest BCUT2D eigenvalue weighted by Crippen LogP contribution is -2.49. The van der Waals surface area contributed by atoms with Crippen molar-refractivity contribution in [2.45, 2.75) is 33.7 Å². The predicted molar refractivity (Wildman–Crippen MR) is 111 cm³/mol. The monoisotopic (exact) mass is 433 g/mol. The number of hydrogen-bond acceptors (Lipinski definition) is 10. The van der Waals surface area contributed by atoms with Gasteiger partial charge in [-0.15, -0.1) is 0 Å². The highest BCUT2D eigenvalue weighted by Crippen LogP contribution is 2.29. The highest BCUT2D eigenvalue weighted by molar-refractivity contribution is 6.18. The molecule has 0 amide bonds. The molecule has 0 atom stereocenters. The molecule has 0 radical (unpaired) electrons. The number of aromatic nitrogens is 4. The van der Waals surface area contributed by atoms with Gasteiger partial charge in [0.2, 0.25) is 0 Å². The average molecular weight is 433 g/mol. The molecule has 11 nitrogen and oxygen atoms in total. The molecule has 0 aliphatic rings. The summed E-state index contributed by atoms with van der Waals surface area (Å²) in [6, 6.07) is 0. The topological polar surface area (TPSA) is 135 Å². The molecule has 0 saturated heterocycles. The fourth-order valence-corrected chi connectivity index (χ4v) is 2.91. The molecule has 1 N–H and O–H groups in total. The summed E-state index contributed by atoms with van der Waals surface area (Å²) in [6.07, 6.45) is 5.97. The summed E-state index contributed by atoms with van der Waals surface area (Å²) >= 11 is 0. The zero-order chi connectivity index (χ0) is 22.9. The third-order valence-electron chi connectivity index (χ3n) is 4.40. The molecule has 0 fully saturated rings. The number of ether oxygens (including phenoxy) is 3. The van der Waals surface area contributed by atoms with Crippen molar-refractivity contribution in [1.82, 2.24) is 19.5 Å². The minimum absolute atomic E-state index is 0.00235. The normalized spacial score (nSPS) is 11.5. The van der Waals surface area contributed by atoms with Crippen LogP contribution in [0.5, 0.6) is 0 Å². The number of nitrogens with one attached hydrogen (secondary N) is 1. The molecule has 0 unspecified atom stereocenters. The second-order valence-electron chi connectivity index (χ2n) is 6.28. The fraction of sp³-hybridized carbons (Fsp3) is 0.500. The molecule has 0 aromatic carbocycles. The molecule has 2 aromatic heterocycles. The number of imidazole rings is 1. The van der Waals surface area contributed by atoms with Gasteiger partial charge in [-0.25, -0.2) is 15.0 Å². The highest BCUT2D eigenvalue weighted by atomic mass is 16.6. The van der Waals surface area contributed by atoms with Gasteiger partial charge < -0.3 is 24.1 Å². The van der Waals surface area contributed by atoms with Gasteiger partial charge in [-0.05, 0) is 20.8 Å². The average Bonchev–Trinajstić information content (AvgIpc) is 3.17. The number of esters is 3. The number of allylic oxidation sites excluding steroid dienone is 2. The molecule has 2 aromatic rings. The minimum atomic E-state index is -2.23. The molecule has 0 spiro atoms. The van der Waals surface area contributed by atoms with Crippen molar-refractivity contribution in [2.24, 2.45) is 5.41 Å². The summed E-state index contributed by atoms with van der Waals surface area (Å²) in [7, 11) is 1.74. The number of fused-ring (bicyclic) bond motifs is 1. The molecule has 11 heteroatoms. The number of anilines is 1. The van der Waals surface area contributed by atoms with Crippen LogP contribution < -0.4 is 5.32 Å². The van der Waals surface area contributed by atoms with Gasteiger partial charge in [0.1, 0.15) is 11.8 Å². The first kappa shape index (κ1) is 23.8. The van der Waals surface area contributed by atoms with Crippen LogP contribution in [0.25, 0.3) is 11.2 Å². The smallest absolute Gasteiger partial charge is 0.335 e. The van der Waals surface area contributed by atoms with Gasteiger partial charge in [0.25, 0.3) is 5.41 Å². The lowest BCUT2D eigenvalue weighted by Gasteiger charge is -2.25. The first-order valence-electron chi connectivity index (χ1n) is 9.96. The van der Waals surface area contributed by atoms with E-state index in [1.165, 1.54) is 12.4 Å². The van der Waals surface area contributed by atoms with E-state index in [2.05, 4.69) is 20.3 Å². The Morgan fingerprint density at radius 3 is 2.06 bits per heavy atom. The molecule has 2 rings (SSSR count). The number of hydrogen-bond donors (Lipinski definition) is 1. The Hall–Kier alpha value is -3.50. The van der Waals surface area contributed by atoms with Gasteiger partial charge >= 0.3 is 17.9 Å². The van der Waals surface area contributed by atoms with E-state index in [0.717, 1.165) is 0 Å². The van der Waals surface area contributed by atoms with E-state index in [-0.39, 0.29) is 26.2 Å². The van der Waals surface area contributed by atoms with Gasteiger partial charge in [0.15, 0.2) is 11.5 Å². The van der Waals surface area contributed by atoms with E-state index in [1.54, 1.807) is 44.8 Å². The Morgan fingerprint density at radius 1 is 0.968 bits per heavy atom. The second-order valence-corrected chi connectivity index (χ2v) is 6.28. The van der Waals surface area contributed by atoms with Gasteiger partial charge in [0.05, 0.1) is 26.1 Å². The lowest BCUT2D eigenvalue weighted by atomic mass is 9.84. The van der Waals surface area contributed by atoms with Crippen molar-refractivity contribution in [3.05, 3.63) is 24.8 Å². The van der Waals surface area contributed by atoms with E-state index in [1.807, 2.05) is 0 Å². The van der Waals surface area contributed by atoms with Crippen LogP contribution in [-0.4, -0.2) is 64.3 Å². The van der Waals surface area contributed by atoms with Gasteiger partial charge in [-0.3, -0.25) is 14.4 Å². The molecule has 0 bridgehead atoms. The van der Waals surface area contributed by atoms with Crippen LogP contribution in [0.15, 0.2) is 24.8 Å². The standard InChI is InChI=1S/C20H27N5O6/c1-5-29-17(26)20(18(27)30-6-2,19(28)31-7-3)10-8-9-11-25-13-24-14-15(21-4)22-12-23-16(14)25/h8-9,12-13H,5-7,10-11H2,1-4H3,(H,21,22,23)/b9-8-. The molecule has 31 heavy (non-hydrogen) atoms. The summed E-state index contributed by atoms with van der Waals surface area (Å²) < 4.78 is 16.8. The quantitative estimate of drug-likeness (QED) is 0.240. The highest BCUT2D eigenvalue weighted by Gasteiger charge is 2.56. The van der Waals surface area contributed by atoms with Crippen LogP contribution >= 0.6 is 0 Å². The maximum absolute atomic E-state index is 12.7. The SMILES string of the molecule is CCOC(=O)C(C/C=C\Cn1cnc2c(NC)ncnc21)(C(=O)OCC)C(=O)OCC. The Labute approximate surface area is 179 Å². The summed E-state index contributed by atoms with van der Waals surface area (Å²) in [4.78, 5) is 50.6. The van der Waals surface area contributed by atoms with E-state index in [0.29, 0.717) is 23.5 Å². The Kier molecular flexibility index (Phi) is 8.47. The number of nitrogens with zero attached hydrogens (tertiary/aromatic N) is 4. The molecule has 0 aliphatic carbocycles. The van der Waals surface area contributed by atoms with Crippen molar-refractivity contribution in [3.63, 3.8) is 0 Å². The van der Waals surface area contributed by atoms with Crippen LogP contribution in [0, 0.1) is 5.41 Å². The zero-order valence-electron chi connectivity index (χ0n) is 18.1. The second kappa shape index (κ2) is 11.0. The van der Waals surface area contributed by atoms with Crippen LogP contribution in [0.3, 0.4) is 0 Å². The molecule has 0 aliphatic heterocycles. The van der Waals surface area contributed by atoms with Crippen molar-refractivity contribution < 1.29 is 28.6 Å². The van der Waals surface area contributed by atoms with Crippen LogP contribution in [0.1, 0.15) is 27.2 Å². The van der Waals surface area contributed by atoms with Gasteiger partial charge in [0, 0.05) is 20.0 Å². The third-order valence-corrected chi connectivity index (χ3v) is 4.40. The van der Waals surface area contributed by atoms with E-state index in [9.17, 15) is 14.4 Å². The van der Waals surface area contributed by atoms with E-state index >= 15 is 0 Å². The lowest BCUT2D eigenvalue weighted by molar-refractivity contribution is -0.183. The van der Waals surface area contributed by atoms with Crippen LogP contribution in [-0.2, 0) is 35.1 Å². The molecule has 168 valence electrons.